The second kappa shape index (κ2) is 4.52. The zero-order chi connectivity index (χ0) is 13.3. The fourth-order valence-electron chi connectivity index (χ4n) is 1.88. The third-order valence-electron chi connectivity index (χ3n) is 2.64. The molecule has 0 aromatic carbocycles. The Kier molecular flexibility index (Phi) is 3.66. The largest absolute Gasteiger partial charge is 0.480 e. The lowest BCUT2D eigenvalue weighted by molar-refractivity contribution is -0.145. The van der Waals surface area contributed by atoms with Crippen molar-refractivity contribution in [3.05, 3.63) is 0 Å². The number of aliphatic hydroxyl groups is 1. The summed E-state index contributed by atoms with van der Waals surface area (Å²) < 4.78 is 5.02. The van der Waals surface area contributed by atoms with Crippen LogP contribution in [0.5, 0.6) is 0 Å². The number of carbonyl (C=O) groups is 2. The van der Waals surface area contributed by atoms with Gasteiger partial charge in [0.15, 0.2) is 0 Å². The quantitative estimate of drug-likeness (QED) is 0.671. The third-order valence-corrected chi connectivity index (χ3v) is 2.64. The molecule has 1 amide bonds. The maximum atomic E-state index is 11.6. The molecule has 3 N–H and O–H groups in total. The van der Waals surface area contributed by atoms with Gasteiger partial charge in [0.1, 0.15) is 11.1 Å². The van der Waals surface area contributed by atoms with E-state index >= 15 is 0 Å². The van der Waals surface area contributed by atoms with Gasteiger partial charge in [0.25, 0.3) is 0 Å². The van der Waals surface area contributed by atoms with Crippen LogP contribution in [0.3, 0.4) is 0 Å². The average Bonchev–Trinajstić information content (AvgIpc) is 2.44. The molecule has 0 radical (unpaired) electrons. The molecular weight excluding hydrogens is 226 g/mol. The molecule has 1 rings (SSSR count). The van der Waals surface area contributed by atoms with E-state index in [1.165, 1.54) is 0 Å². The minimum atomic E-state index is -1.40. The molecule has 0 aromatic rings. The summed E-state index contributed by atoms with van der Waals surface area (Å²) in [5.41, 5.74) is -2.08. The van der Waals surface area contributed by atoms with Crippen LogP contribution in [-0.2, 0) is 9.53 Å². The highest BCUT2D eigenvalue weighted by Crippen LogP contribution is 2.30. The van der Waals surface area contributed by atoms with Crippen molar-refractivity contribution in [2.45, 2.75) is 57.3 Å². The van der Waals surface area contributed by atoms with Gasteiger partial charge in [-0.25, -0.2) is 9.59 Å². The van der Waals surface area contributed by atoms with Gasteiger partial charge in [-0.05, 0) is 33.6 Å². The molecule has 1 aliphatic rings. The van der Waals surface area contributed by atoms with Crippen molar-refractivity contribution >= 4 is 12.1 Å². The van der Waals surface area contributed by atoms with Gasteiger partial charge in [-0.15, -0.1) is 0 Å². The number of aliphatic carboxylic acids is 1. The number of alkyl carbamates (subject to hydrolysis) is 1. The number of rotatable bonds is 2. The van der Waals surface area contributed by atoms with E-state index < -0.39 is 29.3 Å². The molecule has 6 nitrogen and oxygen atoms in total. The highest BCUT2D eigenvalue weighted by Gasteiger charge is 2.47. The second-order valence-electron chi connectivity index (χ2n) is 5.41. The number of amides is 1. The van der Waals surface area contributed by atoms with Crippen molar-refractivity contribution in [3.63, 3.8) is 0 Å². The lowest BCUT2D eigenvalue weighted by Gasteiger charge is -2.27. The van der Waals surface area contributed by atoms with Crippen molar-refractivity contribution in [1.29, 1.82) is 0 Å². The Balaban J connectivity index is 2.69. The molecule has 1 aliphatic carbocycles. The fourth-order valence-corrected chi connectivity index (χ4v) is 1.88. The zero-order valence-electron chi connectivity index (χ0n) is 10.3. The first-order valence-electron chi connectivity index (χ1n) is 5.57. The number of carboxylic acid groups (broad SMARTS) is 1. The minimum Gasteiger partial charge on any atom is -0.480 e. The van der Waals surface area contributed by atoms with Crippen LogP contribution in [0.15, 0.2) is 0 Å². The minimum absolute atomic E-state index is 0.0155. The van der Waals surface area contributed by atoms with E-state index in [1.54, 1.807) is 20.8 Å². The first-order chi connectivity index (χ1) is 7.65. The predicted octanol–water partition coefficient (Wildman–Crippen LogP) is 0.879. The first kappa shape index (κ1) is 13.8. The molecule has 0 aliphatic heterocycles. The molecule has 0 unspecified atom stereocenters. The topological polar surface area (TPSA) is 95.9 Å². The number of nitrogens with one attached hydrogen (secondary N) is 1. The monoisotopic (exact) mass is 245 g/mol. The number of hydrogen-bond donors (Lipinski definition) is 3. The Bertz CT molecular complexity index is 322. The Morgan fingerprint density at radius 2 is 2.00 bits per heavy atom. The Morgan fingerprint density at radius 3 is 2.35 bits per heavy atom. The van der Waals surface area contributed by atoms with Crippen molar-refractivity contribution < 1.29 is 24.5 Å². The predicted molar refractivity (Wildman–Crippen MR) is 59.6 cm³/mol. The molecule has 0 bridgehead atoms. The maximum Gasteiger partial charge on any atom is 0.408 e. The van der Waals surface area contributed by atoms with E-state index in [0.717, 1.165) is 0 Å². The van der Waals surface area contributed by atoms with Gasteiger partial charge < -0.3 is 20.3 Å². The summed E-state index contributed by atoms with van der Waals surface area (Å²) in [5.74, 6) is -1.14. The molecule has 2 atom stereocenters. The molecule has 0 heterocycles. The van der Waals surface area contributed by atoms with E-state index in [-0.39, 0.29) is 12.8 Å². The van der Waals surface area contributed by atoms with Crippen LogP contribution in [0.2, 0.25) is 0 Å². The highest BCUT2D eigenvalue weighted by molar-refractivity contribution is 5.84. The third kappa shape index (κ3) is 3.59. The van der Waals surface area contributed by atoms with Crippen LogP contribution in [0, 0.1) is 0 Å². The van der Waals surface area contributed by atoms with Gasteiger partial charge in [-0.3, -0.25) is 0 Å². The second-order valence-corrected chi connectivity index (χ2v) is 5.41. The summed E-state index contributed by atoms with van der Waals surface area (Å²) in [7, 11) is 0. The van der Waals surface area contributed by atoms with Gasteiger partial charge in [0, 0.05) is 6.42 Å². The average molecular weight is 245 g/mol. The van der Waals surface area contributed by atoms with Crippen LogP contribution >= 0.6 is 0 Å². The van der Waals surface area contributed by atoms with Crippen LogP contribution < -0.4 is 5.32 Å². The molecule has 98 valence electrons. The summed E-state index contributed by atoms with van der Waals surface area (Å²) in [4.78, 5) is 22.7. The normalized spacial score (nSPS) is 28.8. The molecule has 6 heteroatoms. The number of aliphatic hydroxyl groups excluding tert-OH is 1. The van der Waals surface area contributed by atoms with Gasteiger partial charge >= 0.3 is 12.1 Å². The van der Waals surface area contributed by atoms with E-state index in [9.17, 15) is 14.7 Å². The van der Waals surface area contributed by atoms with Gasteiger partial charge in [-0.2, -0.15) is 0 Å². The van der Waals surface area contributed by atoms with Crippen LogP contribution in [-0.4, -0.2) is 39.5 Å². The Labute approximate surface area is 100.0 Å². The van der Waals surface area contributed by atoms with Crippen LogP contribution in [0.25, 0.3) is 0 Å². The lowest BCUT2D eigenvalue weighted by atomic mass is 9.98. The number of carboxylic acids is 1. The smallest absolute Gasteiger partial charge is 0.408 e. The van der Waals surface area contributed by atoms with E-state index in [0.29, 0.717) is 6.42 Å². The summed E-state index contributed by atoms with van der Waals surface area (Å²) in [6.07, 6.45) is -0.873. The first-order valence-corrected chi connectivity index (χ1v) is 5.57. The zero-order valence-corrected chi connectivity index (χ0v) is 10.3. The van der Waals surface area contributed by atoms with E-state index in [1.807, 2.05) is 0 Å². The molecule has 0 aromatic heterocycles. The van der Waals surface area contributed by atoms with Crippen LogP contribution in [0.4, 0.5) is 4.79 Å². The van der Waals surface area contributed by atoms with Gasteiger partial charge in [0.05, 0.1) is 6.10 Å². The lowest BCUT2D eigenvalue weighted by Crippen LogP contribution is -2.54. The number of hydrogen-bond acceptors (Lipinski definition) is 4. The molecular formula is C11H19NO5. The standard InChI is InChI=1S/C11H19NO5/c1-10(2,3)17-9(16)12-11(8(14)15)5-4-7(13)6-11/h7,13H,4-6H2,1-3H3,(H,12,16)(H,14,15)/t7-,11+/m1/s1. The van der Waals surface area contributed by atoms with E-state index in [4.69, 9.17) is 9.84 Å². The molecule has 1 fully saturated rings. The Morgan fingerprint density at radius 1 is 1.41 bits per heavy atom. The summed E-state index contributed by atoms with van der Waals surface area (Å²) in [5, 5.41) is 20.9. The number of carbonyl (C=O) groups excluding carboxylic acids is 1. The fraction of sp³-hybridized carbons (Fsp3) is 0.818. The summed E-state index contributed by atoms with van der Waals surface area (Å²) >= 11 is 0. The van der Waals surface area contributed by atoms with Gasteiger partial charge in [-0.1, -0.05) is 0 Å². The van der Waals surface area contributed by atoms with Gasteiger partial charge in [0.2, 0.25) is 0 Å². The Hall–Kier alpha value is -1.30. The van der Waals surface area contributed by atoms with Crippen LogP contribution in [0.1, 0.15) is 40.0 Å². The van der Waals surface area contributed by atoms with Crippen molar-refractivity contribution in [2.75, 3.05) is 0 Å². The van der Waals surface area contributed by atoms with Crippen molar-refractivity contribution in [2.24, 2.45) is 0 Å². The molecule has 0 saturated heterocycles. The van der Waals surface area contributed by atoms with E-state index in [2.05, 4.69) is 5.32 Å². The molecule has 1 saturated carbocycles. The molecule has 0 spiro atoms. The molecule has 17 heavy (non-hydrogen) atoms. The highest BCUT2D eigenvalue weighted by atomic mass is 16.6. The van der Waals surface area contributed by atoms with Crippen molar-refractivity contribution in [1.82, 2.24) is 5.32 Å². The SMILES string of the molecule is CC(C)(C)OC(=O)N[C@@]1(C(=O)O)CC[C@@H](O)C1. The maximum absolute atomic E-state index is 11.6. The van der Waals surface area contributed by atoms with Crippen molar-refractivity contribution in [3.8, 4) is 0 Å². The number of ether oxygens (including phenoxy) is 1. The summed E-state index contributed by atoms with van der Waals surface area (Å²) in [6.45, 7) is 5.09. The summed E-state index contributed by atoms with van der Waals surface area (Å²) in [6, 6.07) is 0.